The number of hydrogen-bond donors (Lipinski definition) is 2. The minimum Gasteiger partial charge on any atom is -0.477 e. The van der Waals surface area contributed by atoms with E-state index < -0.39 is 17.0 Å². The molecule has 0 aliphatic carbocycles. The van der Waals surface area contributed by atoms with Crippen LogP contribution in [0.15, 0.2) is 44.5 Å². The van der Waals surface area contributed by atoms with E-state index in [1.165, 1.54) is 12.1 Å². The molecule has 3 rings (SSSR count). The number of fused-ring (bicyclic) bond motifs is 2. The van der Waals surface area contributed by atoms with Crippen LogP contribution < -0.4 is 11.1 Å². The molecule has 2 heterocycles. The lowest BCUT2D eigenvalue weighted by Gasteiger charge is -2.02. The number of aromatic carboxylic acids is 1. The summed E-state index contributed by atoms with van der Waals surface area (Å²) in [6.45, 7) is 0. The van der Waals surface area contributed by atoms with E-state index in [1.807, 2.05) is 0 Å². The molecule has 3 aromatic rings. The zero-order valence-corrected chi connectivity index (χ0v) is 9.47. The van der Waals surface area contributed by atoms with Crippen LogP contribution in [0, 0.1) is 0 Å². The van der Waals surface area contributed by atoms with Gasteiger partial charge >= 0.3 is 11.6 Å². The molecule has 0 amide bonds. The Kier molecular flexibility index (Phi) is 2.25. The monoisotopic (exact) mass is 257 g/mol. The summed E-state index contributed by atoms with van der Waals surface area (Å²) >= 11 is 0. The van der Waals surface area contributed by atoms with Crippen molar-refractivity contribution in [3.8, 4) is 0 Å². The second-order valence-electron chi connectivity index (χ2n) is 4.03. The first-order valence-electron chi connectivity index (χ1n) is 5.39. The first kappa shape index (κ1) is 11.2. The highest BCUT2D eigenvalue weighted by atomic mass is 16.4. The molecule has 94 valence electrons. The lowest BCUT2D eigenvalue weighted by atomic mass is 10.1. The molecule has 0 spiro atoms. The lowest BCUT2D eigenvalue weighted by molar-refractivity contribution is 0.0695. The van der Waals surface area contributed by atoms with E-state index in [4.69, 9.17) is 9.52 Å². The van der Waals surface area contributed by atoms with Crippen molar-refractivity contribution in [3.63, 3.8) is 0 Å². The zero-order chi connectivity index (χ0) is 13.6. The molecule has 2 aromatic heterocycles. The Balaban J connectivity index is 2.49. The standard InChI is InChI=1S/C13H7NO5/c15-11-2-1-6-3-9-7(4-10(6)19-11)12(16)8(5-14-9)13(17)18/h1-5H,(H,14,16)(H,17,18). The van der Waals surface area contributed by atoms with Crippen LogP contribution in [0.4, 0.5) is 0 Å². The summed E-state index contributed by atoms with van der Waals surface area (Å²) in [4.78, 5) is 36.7. The minimum atomic E-state index is -1.31. The highest BCUT2D eigenvalue weighted by Crippen LogP contribution is 2.18. The van der Waals surface area contributed by atoms with Crippen LogP contribution in [0.1, 0.15) is 10.4 Å². The summed E-state index contributed by atoms with van der Waals surface area (Å²) in [6, 6.07) is 5.85. The van der Waals surface area contributed by atoms with Crippen LogP contribution in [0.5, 0.6) is 0 Å². The largest absolute Gasteiger partial charge is 0.477 e. The SMILES string of the molecule is O=C(O)c1c[nH]c2cc3ccc(=O)oc3cc2c1=O. The quantitative estimate of drug-likeness (QED) is 0.506. The predicted molar refractivity (Wildman–Crippen MR) is 67.6 cm³/mol. The number of carbonyl (C=O) groups is 1. The maximum Gasteiger partial charge on any atom is 0.341 e. The number of pyridine rings is 1. The zero-order valence-electron chi connectivity index (χ0n) is 9.47. The molecular formula is C13H7NO5. The average molecular weight is 257 g/mol. The second kappa shape index (κ2) is 3.81. The average Bonchev–Trinajstić information content (AvgIpc) is 2.37. The van der Waals surface area contributed by atoms with Gasteiger partial charge < -0.3 is 14.5 Å². The maximum absolute atomic E-state index is 12.0. The number of hydrogen-bond acceptors (Lipinski definition) is 4. The molecule has 2 N–H and O–H groups in total. The highest BCUT2D eigenvalue weighted by Gasteiger charge is 2.12. The first-order valence-corrected chi connectivity index (χ1v) is 5.39. The van der Waals surface area contributed by atoms with Crippen molar-refractivity contribution in [2.24, 2.45) is 0 Å². The number of rotatable bonds is 1. The van der Waals surface area contributed by atoms with Crippen molar-refractivity contribution in [2.75, 3.05) is 0 Å². The van der Waals surface area contributed by atoms with Crippen molar-refractivity contribution in [2.45, 2.75) is 0 Å². The van der Waals surface area contributed by atoms with Gasteiger partial charge in [-0.05, 0) is 18.2 Å². The Labute approximate surface area is 104 Å². The third kappa shape index (κ3) is 1.70. The van der Waals surface area contributed by atoms with Gasteiger partial charge in [-0.3, -0.25) is 4.79 Å². The number of carboxylic acid groups (broad SMARTS) is 1. The van der Waals surface area contributed by atoms with Crippen molar-refractivity contribution in [1.29, 1.82) is 0 Å². The fourth-order valence-corrected chi connectivity index (χ4v) is 1.94. The molecular weight excluding hydrogens is 250 g/mol. The highest BCUT2D eigenvalue weighted by molar-refractivity contribution is 5.97. The van der Waals surface area contributed by atoms with Crippen LogP contribution in [0.2, 0.25) is 0 Å². The van der Waals surface area contributed by atoms with Crippen molar-refractivity contribution in [3.05, 3.63) is 56.7 Å². The summed E-state index contributed by atoms with van der Waals surface area (Å²) in [5.74, 6) is -1.31. The van der Waals surface area contributed by atoms with E-state index in [-0.39, 0.29) is 16.5 Å². The van der Waals surface area contributed by atoms with Crippen LogP contribution in [0.3, 0.4) is 0 Å². The van der Waals surface area contributed by atoms with E-state index in [1.54, 1.807) is 12.1 Å². The molecule has 0 aliphatic rings. The van der Waals surface area contributed by atoms with Gasteiger partial charge in [-0.1, -0.05) is 0 Å². The molecule has 0 radical (unpaired) electrons. The van der Waals surface area contributed by atoms with Crippen LogP contribution >= 0.6 is 0 Å². The van der Waals surface area contributed by atoms with Gasteiger partial charge in [0.05, 0.1) is 10.9 Å². The summed E-state index contributed by atoms with van der Waals surface area (Å²) in [7, 11) is 0. The summed E-state index contributed by atoms with van der Waals surface area (Å²) in [5.41, 5.74) is -0.776. The smallest absolute Gasteiger partial charge is 0.341 e. The summed E-state index contributed by atoms with van der Waals surface area (Å²) in [6.07, 6.45) is 1.15. The molecule has 0 bridgehead atoms. The summed E-state index contributed by atoms with van der Waals surface area (Å²) in [5, 5.41) is 9.70. The molecule has 19 heavy (non-hydrogen) atoms. The van der Waals surface area contributed by atoms with Gasteiger partial charge in [0.1, 0.15) is 11.1 Å². The van der Waals surface area contributed by atoms with Gasteiger partial charge in [0, 0.05) is 17.6 Å². The lowest BCUT2D eigenvalue weighted by Crippen LogP contribution is -2.15. The fraction of sp³-hybridized carbons (Fsp3) is 0. The Bertz CT molecular complexity index is 935. The number of H-pyrrole nitrogens is 1. The van der Waals surface area contributed by atoms with Gasteiger partial charge in [0.25, 0.3) is 0 Å². The van der Waals surface area contributed by atoms with E-state index in [0.717, 1.165) is 6.20 Å². The molecule has 0 saturated carbocycles. The topological polar surface area (TPSA) is 100 Å². The molecule has 6 heteroatoms. The van der Waals surface area contributed by atoms with Crippen LogP contribution in [0.25, 0.3) is 21.9 Å². The Morgan fingerprint density at radius 2 is 2.00 bits per heavy atom. The van der Waals surface area contributed by atoms with Crippen molar-refractivity contribution >= 4 is 27.8 Å². The van der Waals surface area contributed by atoms with Gasteiger partial charge in [0.15, 0.2) is 0 Å². The first-order chi connectivity index (χ1) is 9.06. The van der Waals surface area contributed by atoms with Gasteiger partial charge in [0.2, 0.25) is 5.43 Å². The molecule has 6 nitrogen and oxygen atoms in total. The van der Waals surface area contributed by atoms with Gasteiger partial charge in [-0.25, -0.2) is 9.59 Å². The molecule has 0 fully saturated rings. The van der Waals surface area contributed by atoms with E-state index in [2.05, 4.69) is 4.98 Å². The molecule has 0 unspecified atom stereocenters. The Morgan fingerprint density at radius 3 is 2.74 bits per heavy atom. The third-order valence-corrected chi connectivity index (χ3v) is 2.85. The molecule has 1 aromatic carbocycles. The van der Waals surface area contributed by atoms with Gasteiger partial charge in [-0.15, -0.1) is 0 Å². The predicted octanol–water partition coefficient (Wildman–Crippen LogP) is 1.33. The van der Waals surface area contributed by atoms with Crippen molar-refractivity contribution in [1.82, 2.24) is 4.98 Å². The summed E-state index contributed by atoms with van der Waals surface area (Å²) < 4.78 is 4.97. The molecule has 0 saturated heterocycles. The van der Waals surface area contributed by atoms with E-state index in [0.29, 0.717) is 10.9 Å². The van der Waals surface area contributed by atoms with Crippen LogP contribution in [-0.2, 0) is 0 Å². The number of carboxylic acids is 1. The fourth-order valence-electron chi connectivity index (χ4n) is 1.94. The second-order valence-corrected chi connectivity index (χ2v) is 4.03. The number of aromatic amines is 1. The number of benzene rings is 1. The maximum atomic E-state index is 12.0. The molecule has 0 aliphatic heterocycles. The van der Waals surface area contributed by atoms with Gasteiger partial charge in [-0.2, -0.15) is 0 Å². The third-order valence-electron chi connectivity index (χ3n) is 2.85. The van der Waals surface area contributed by atoms with Crippen molar-refractivity contribution < 1.29 is 14.3 Å². The minimum absolute atomic E-state index is 0.168. The van der Waals surface area contributed by atoms with E-state index in [9.17, 15) is 14.4 Å². The number of aromatic nitrogens is 1. The number of nitrogens with one attached hydrogen (secondary N) is 1. The molecule has 0 atom stereocenters. The normalized spacial score (nSPS) is 10.9. The van der Waals surface area contributed by atoms with E-state index >= 15 is 0 Å². The van der Waals surface area contributed by atoms with Crippen LogP contribution in [-0.4, -0.2) is 16.1 Å². The Morgan fingerprint density at radius 1 is 1.21 bits per heavy atom. The Hall–Kier alpha value is -2.89.